The first-order valence-corrected chi connectivity index (χ1v) is 9.25. The van der Waals surface area contributed by atoms with Crippen LogP contribution in [0, 0.1) is 13.8 Å². The van der Waals surface area contributed by atoms with E-state index in [0.717, 1.165) is 37.3 Å². The summed E-state index contributed by atoms with van der Waals surface area (Å²) in [6.07, 6.45) is 9.43. The summed E-state index contributed by atoms with van der Waals surface area (Å²) in [5.74, 6) is 2.02. The highest BCUT2D eigenvalue weighted by atomic mass is 16.4. The van der Waals surface area contributed by atoms with Crippen LogP contribution in [0.15, 0.2) is 41.3 Å². The predicted molar refractivity (Wildman–Crippen MR) is 99.4 cm³/mol. The quantitative estimate of drug-likeness (QED) is 0.710. The number of carbonyl (C=O) groups is 1. The van der Waals surface area contributed by atoms with Crippen LogP contribution in [0.3, 0.4) is 0 Å². The molecule has 1 amide bonds. The Hall–Kier alpha value is -2.96. The van der Waals surface area contributed by atoms with Gasteiger partial charge in [0.2, 0.25) is 5.76 Å². The molecule has 1 saturated heterocycles. The van der Waals surface area contributed by atoms with E-state index in [9.17, 15) is 4.79 Å². The molecule has 140 valence electrons. The number of carbonyl (C=O) groups excluding carboxylic acids is 1. The molecule has 1 aliphatic heterocycles. The van der Waals surface area contributed by atoms with Crippen molar-refractivity contribution in [3.63, 3.8) is 0 Å². The zero-order chi connectivity index (χ0) is 18.8. The van der Waals surface area contributed by atoms with Gasteiger partial charge in [0, 0.05) is 50.7 Å². The number of hydrogen-bond acceptors (Lipinski definition) is 5. The number of imidazole rings is 1. The van der Waals surface area contributed by atoms with Gasteiger partial charge in [-0.2, -0.15) is 0 Å². The van der Waals surface area contributed by atoms with Crippen molar-refractivity contribution in [3.05, 3.63) is 65.7 Å². The molecule has 0 unspecified atom stereocenters. The molecule has 0 bridgehead atoms. The van der Waals surface area contributed by atoms with Gasteiger partial charge in [0.1, 0.15) is 5.82 Å². The van der Waals surface area contributed by atoms with Gasteiger partial charge in [-0.3, -0.25) is 9.78 Å². The molecule has 3 aromatic heterocycles. The SMILES string of the molecule is Cc1nc(C)c(C(=O)N2CCC[C@H](c3nccn3Cc3cccnc3)C2)o1. The fourth-order valence-electron chi connectivity index (χ4n) is 3.75. The highest BCUT2D eigenvalue weighted by molar-refractivity contribution is 5.92. The summed E-state index contributed by atoms with van der Waals surface area (Å²) in [6.45, 7) is 5.68. The van der Waals surface area contributed by atoms with Gasteiger partial charge in [0.15, 0.2) is 5.89 Å². The molecule has 0 saturated carbocycles. The Balaban J connectivity index is 1.51. The molecule has 7 heteroatoms. The number of pyridine rings is 1. The summed E-state index contributed by atoms with van der Waals surface area (Å²) in [7, 11) is 0. The first-order chi connectivity index (χ1) is 13.1. The highest BCUT2D eigenvalue weighted by Crippen LogP contribution is 2.27. The van der Waals surface area contributed by atoms with Crippen molar-refractivity contribution in [2.75, 3.05) is 13.1 Å². The van der Waals surface area contributed by atoms with E-state index in [0.29, 0.717) is 23.9 Å². The van der Waals surface area contributed by atoms with Crippen LogP contribution in [0.25, 0.3) is 0 Å². The number of amides is 1. The monoisotopic (exact) mass is 365 g/mol. The van der Waals surface area contributed by atoms with Crippen LogP contribution >= 0.6 is 0 Å². The maximum absolute atomic E-state index is 12.9. The Bertz CT molecular complexity index is 931. The Morgan fingerprint density at radius 3 is 2.96 bits per heavy atom. The Morgan fingerprint density at radius 2 is 2.22 bits per heavy atom. The van der Waals surface area contributed by atoms with E-state index in [1.54, 1.807) is 13.1 Å². The Labute approximate surface area is 158 Å². The summed E-state index contributed by atoms with van der Waals surface area (Å²) in [5, 5.41) is 0. The van der Waals surface area contributed by atoms with Gasteiger partial charge in [0.05, 0.1) is 12.2 Å². The summed E-state index contributed by atoms with van der Waals surface area (Å²) in [6, 6.07) is 4.00. The molecule has 7 nitrogen and oxygen atoms in total. The van der Waals surface area contributed by atoms with E-state index in [4.69, 9.17) is 4.42 Å². The van der Waals surface area contributed by atoms with E-state index >= 15 is 0 Å². The van der Waals surface area contributed by atoms with Crippen molar-refractivity contribution in [1.82, 2.24) is 24.4 Å². The van der Waals surface area contributed by atoms with Gasteiger partial charge >= 0.3 is 0 Å². The first kappa shape index (κ1) is 17.5. The molecule has 0 radical (unpaired) electrons. The minimum Gasteiger partial charge on any atom is -0.436 e. The normalized spacial score (nSPS) is 17.3. The summed E-state index contributed by atoms with van der Waals surface area (Å²) >= 11 is 0. The Kier molecular flexibility index (Phi) is 4.75. The molecule has 4 heterocycles. The highest BCUT2D eigenvalue weighted by Gasteiger charge is 2.30. The van der Waals surface area contributed by atoms with E-state index in [-0.39, 0.29) is 11.8 Å². The number of likely N-dealkylation sites (tertiary alicyclic amines) is 1. The van der Waals surface area contributed by atoms with Crippen LogP contribution < -0.4 is 0 Å². The number of aryl methyl sites for hydroxylation is 2. The lowest BCUT2D eigenvalue weighted by Crippen LogP contribution is -2.40. The summed E-state index contributed by atoms with van der Waals surface area (Å²) < 4.78 is 7.68. The zero-order valence-corrected chi connectivity index (χ0v) is 15.6. The van der Waals surface area contributed by atoms with Crippen molar-refractivity contribution in [2.45, 2.75) is 39.2 Å². The van der Waals surface area contributed by atoms with Crippen LogP contribution in [0.2, 0.25) is 0 Å². The van der Waals surface area contributed by atoms with Gasteiger partial charge in [-0.15, -0.1) is 0 Å². The molecular weight excluding hydrogens is 342 g/mol. The Morgan fingerprint density at radius 1 is 1.33 bits per heavy atom. The van der Waals surface area contributed by atoms with Crippen molar-refractivity contribution >= 4 is 5.91 Å². The van der Waals surface area contributed by atoms with Gasteiger partial charge in [0.25, 0.3) is 5.91 Å². The van der Waals surface area contributed by atoms with Gasteiger partial charge in [-0.1, -0.05) is 6.07 Å². The van der Waals surface area contributed by atoms with Crippen LogP contribution in [-0.4, -0.2) is 43.4 Å². The molecule has 1 aliphatic rings. The third kappa shape index (κ3) is 3.63. The molecule has 1 atom stereocenters. The maximum atomic E-state index is 12.9. The molecule has 0 aliphatic carbocycles. The third-order valence-electron chi connectivity index (χ3n) is 4.99. The van der Waals surface area contributed by atoms with Crippen molar-refractivity contribution in [2.24, 2.45) is 0 Å². The van der Waals surface area contributed by atoms with E-state index in [1.807, 2.05) is 36.5 Å². The standard InChI is InChI=1S/C20H23N5O2/c1-14-18(27-15(2)23-14)20(26)25-9-4-6-17(13-25)19-22-8-10-24(19)12-16-5-3-7-21-11-16/h3,5,7-8,10-11,17H,4,6,9,12-13H2,1-2H3/t17-/m0/s1. The van der Waals surface area contributed by atoms with Crippen molar-refractivity contribution < 1.29 is 9.21 Å². The van der Waals surface area contributed by atoms with Crippen LogP contribution in [0.1, 0.15) is 52.3 Å². The lowest BCUT2D eigenvalue weighted by Gasteiger charge is -2.32. The number of nitrogens with zero attached hydrogens (tertiary/aromatic N) is 5. The lowest BCUT2D eigenvalue weighted by molar-refractivity contribution is 0.0669. The second-order valence-electron chi connectivity index (χ2n) is 7.01. The minimum absolute atomic E-state index is 0.0804. The van der Waals surface area contributed by atoms with Gasteiger partial charge < -0.3 is 13.9 Å². The van der Waals surface area contributed by atoms with Gasteiger partial charge in [-0.05, 0) is 31.4 Å². The van der Waals surface area contributed by atoms with Crippen LogP contribution in [-0.2, 0) is 6.54 Å². The topological polar surface area (TPSA) is 77.1 Å². The first-order valence-electron chi connectivity index (χ1n) is 9.25. The van der Waals surface area contributed by atoms with Gasteiger partial charge in [-0.25, -0.2) is 9.97 Å². The fourth-order valence-corrected chi connectivity index (χ4v) is 3.75. The molecular formula is C20H23N5O2. The average molecular weight is 365 g/mol. The van der Waals surface area contributed by atoms with Crippen LogP contribution in [0.4, 0.5) is 0 Å². The second-order valence-corrected chi connectivity index (χ2v) is 7.01. The number of aromatic nitrogens is 4. The fraction of sp³-hybridized carbons (Fsp3) is 0.400. The van der Waals surface area contributed by atoms with Crippen molar-refractivity contribution in [3.8, 4) is 0 Å². The average Bonchev–Trinajstić information content (AvgIpc) is 3.28. The maximum Gasteiger partial charge on any atom is 0.291 e. The molecule has 0 aromatic carbocycles. The summed E-state index contributed by atoms with van der Waals surface area (Å²) in [4.78, 5) is 27.7. The minimum atomic E-state index is -0.0804. The molecule has 27 heavy (non-hydrogen) atoms. The molecule has 1 fully saturated rings. The second kappa shape index (κ2) is 7.34. The lowest BCUT2D eigenvalue weighted by atomic mass is 9.96. The third-order valence-corrected chi connectivity index (χ3v) is 4.99. The number of oxazole rings is 1. The van der Waals surface area contributed by atoms with E-state index in [1.165, 1.54) is 0 Å². The molecule has 4 rings (SSSR count). The predicted octanol–water partition coefficient (Wildman–Crippen LogP) is 2.95. The van der Waals surface area contributed by atoms with Crippen LogP contribution in [0.5, 0.6) is 0 Å². The molecule has 0 N–H and O–H groups in total. The summed E-state index contributed by atoms with van der Waals surface area (Å²) in [5.41, 5.74) is 1.78. The van der Waals surface area contributed by atoms with E-state index < -0.39 is 0 Å². The number of hydrogen-bond donors (Lipinski definition) is 0. The molecule has 0 spiro atoms. The smallest absolute Gasteiger partial charge is 0.291 e. The zero-order valence-electron chi connectivity index (χ0n) is 15.6. The van der Waals surface area contributed by atoms with E-state index in [2.05, 4.69) is 25.6 Å². The van der Waals surface area contributed by atoms with Crippen molar-refractivity contribution in [1.29, 1.82) is 0 Å². The number of rotatable bonds is 4. The number of piperidine rings is 1. The molecule has 3 aromatic rings. The largest absolute Gasteiger partial charge is 0.436 e.